The summed E-state index contributed by atoms with van der Waals surface area (Å²) >= 11 is 0. The lowest BCUT2D eigenvalue weighted by Crippen LogP contribution is -2.20. The lowest BCUT2D eigenvalue weighted by Gasteiger charge is -2.09. The third-order valence-electron chi connectivity index (χ3n) is 2.40. The molecule has 2 heteroatoms. The summed E-state index contributed by atoms with van der Waals surface area (Å²) < 4.78 is 5.25. The second-order valence-electron chi connectivity index (χ2n) is 3.78. The van der Waals surface area contributed by atoms with Gasteiger partial charge in [0.1, 0.15) is 0 Å². The van der Waals surface area contributed by atoms with Crippen molar-refractivity contribution in [3.63, 3.8) is 0 Å². The molecule has 0 aromatic rings. The topological polar surface area (TPSA) is 35.2 Å². The Hall–Kier alpha value is -0.0800. The number of hydrogen-bond acceptors (Lipinski definition) is 2. The van der Waals surface area contributed by atoms with Crippen LogP contribution in [-0.2, 0) is 4.74 Å². The van der Waals surface area contributed by atoms with Crippen LogP contribution in [0.15, 0.2) is 0 Å². The zero-order valence-corrected chi connectivity index (χ0v) is 8.09. The molecular weight excluding hydrogens is 150 g/mol. The smallest absolute Gasteiger partial charge is 0.0466 e. The van der Waals surface area contributed by atoms with E-state index in [1.54, 1.807) is 0 Å². The quantitative estimate of drug-likeness (QED) is 0.594. The van der Waals surface area contributed by atoms with Crippen LogP contribution in [0, 0.1) is 5.92 Å². The fraction of sp³-hybridized carbons (Fsp3) is 1.00. The Morgan fingerprint density at radius 3 is 2.83 bits per heavy atom. The summed E-state index contributed by atoms with van der Waals surface area (Å²) in [6, 6.07) is 0.429. The SMILES string of the molecule is CCOCCCC(N)CC1CC1. The third-order valence-corrected chi connectivity index (χ3v) is 2.40. The molecule has 1 rings (SSSR count). The van der Waals surface area contributed by atoms with E-state index in [9.17, 15) is 0 Å². The molecule has 12 heavy (non-hydrogen) atoms. The predicted octanol–water partition coefficient (Wildman–Crippen LogP) is 1.93. The molecule has 0 spiro atoms. The van der Waals surface area contributed by atoms with Crippen LogP contribution in [0.5, 0.6) is 0 Å². The average molecular weight is 171 g/mol. The van der Waals surface area contributed by atoms with Gasteiger partial charge in [0.15, 0.2) is 0 Å². The second kappa shape index (κ2) is 5.55. The van der Waals surface area contributed by atoms with E-state index in [4.69, 9.17) is 10.5 Å². The molecule has 2 nitrogen and oxygen atoms in total. The molecule has 1 unspecified atom stereocenters. The summed E-state index contributed by atoms with van der Waals surface area (Å²) in [6.45, 7) is 3.75. The number of hydrogen-bond donors (Lipinski definition) is 1. The van der Waals surface area contributed by atoms with Crippen LogP contribution in [0.4, 0.5) is 0 Å². The first-order valence-electron chi connectivity index (χ1n) is 5.16. The van der Waals surface area contributed by atoms with Gasteiger partial charge in [0.2, 0.25) is 0 Å². The van der Waals surface area contributed by atoms with E-state index >= 15 is 0 Å². The van der Waals surface area contributed by atoms with Gasteiger partial charge in [-0.15, -0.1) is 0 Å². The van der Waals surface area contributed by atoms with Crippen LogP contribution in [0.25, 0.3) is 0 Å². The number of rotatable bonds is 7. The van der Waals surface area contributed by atoms with Gasteiger partial charge in [-0.3, -0.25) is 0 Å². The van der Waals surface area contributed by atoms with Crippen molar-refractivity contribution in [1.82, 2.24) is 0 Å². The van der Waals surface area contributed by atoms with E-state index in [0.717, 1.165) is 32.0 Å². The summed E-state index contributed by atoms with van der Waals surface area (Å²) in [7, 11) is 0. The van der Waals surface area contributed by atoms with Crippen molar-refractivity contribution >= 4 is 0 Å². The number of nitrogens with two attached hydrogens (primary N) is 1. The van der Waals surface area contributed by atoms with E-state index in [0.29, 0.717) is 6.04 Å². The van der Waals surface area contributed by atoms with Crippen LogP contribution in [0.2, 0.25) is 0 Å². The second-order valence-corrected chi connectivity index (χ2v) is 3.78. The average Bonchev–Trinajstić information content (AvgIpc) is 2.82. The van der Waals surface area contributed by atoms with E-state index < -0.39 is 0 Å². The molecule has 1 atom stereocenters. The molecule has 1 aliphatic carbocycles. The zero-order chi connectivity index (χ0) is 8.81. The predicted molar refractivity (Wildman–Crippen MR) is 51.0 cm³/mol. The molecule has 0 radical (unpaired) electrons. The largest absolute Gasteiger partial charge is 0.382 e. The molecule has 2 N–H and O–H groups in total. The zero-order valence-electron chi connectivity index (χ0n) is 8.09. The summed E-state index contributed by atoms with van der Waals surface area (Å²) in [6.07, 6.45) is 6.34. The number of ether oxygens (including phenoxy) is 1. The molecule has 0 aliphatic heterocycles. The normalized spacial score (nSPS) is 19.5. The molecule has 1 fully saturated rings. The molecule has 1 saturated carbocycles. The minimum Gasteiger partial charge on any atom is -0.382 e. The van der Waals surface area contributed by atoms with Gasteiger partial charge in [0.05, 0.1) is 0 Å². The first-order chi connectivity index (χ1) is 5.83. The highest BCUT2D eigenvalue weighted by Crippen LogP contribution is 2.33. The van der Waals surface area contributed by atoms with Crippen molar-refractivity contribution in [1.29, 1.82) is 0 Å². The molecular formula is C10H21NO. The Labute approximate surface area is 75.5 Å². The van der Waals surface area contributed by atoms with Gasteiger partial charge in [-0.25, -0.2) is 0 Å². The van der Waals surface area contributed by atoms with Crippen LogP contribution in [0.1, 0.15) is 39.0 Å². The highest BCUT2D eigenvalue weighted by atomic mass is 16.5. The maximum Gasteiger partial charge on any atom is 0.0466 e. The van der Waals surface area contributed by atoms with E-state index in [1.807, 2.05) is 6.92 Å². The molecule has 0 bridgehead atoms. The Morgan fingerprint density at radius 2 is 2.25 bits per heavy atom. The first kappa shape index (κ1) is 10.0. The van der Waals surface area contributed by atoms with Crippen molar-refractivity contribution in [2.75, 3.05) is 13.2 Å². The maximum absolute atomic E-state index is 5.94. The fourth-order valence-corrected chi connectivity index (χ4v) is 1.49. The minimum absolute atomic E-state index is 0.429. The van der Waals surface area contributed by atoms with Crippen LogP contribution < -0.4 is 5.73 Å². The lowest BCUT2D eigenvalue weighted by atomic mass is 10.1. The van der Waals surface area contributed by atoms with E-state index in [1.165, 1.54) is 19.3 Å². The van der Waals surface area contributed by atoms with Gasteiger partial charge in [0.25, 0.3) is 0 Å². The molecule has 0 aromatic carbocycles. The van der Waals surface area contributed by atoms with Crippen LogP contribution in [0.3, 0.4) is 0 Å². The lowest BCUT2D eigenvalue weighted by molar-refractivity contribution is 0.141. The van der Waals surface area contributed by atoms with Crippen molar-refractivity contribution in [2.24, 2.45) is 11.7 Å². The summed E-state index contributed by atoms with van der Waals surface area (Å²) in [5.41, 5.74) is 5.94. The summed E-state index contributed by atoms with van der Waals surface area (Å²) in [5, 5.41) is 0. The van der Waals surface area contributed by atoms with E-state index in [2.05, 4.69) is 0 Å². The fourth-order valence-electron chi connectivity index (χ4n) is 1.49. The van der Waals surface area contributed by atoms with Crippen molar-refractivity contribution < 1.29 is 4.74 Å². The van der Waals surface area contributed by atoms with Crippen LogP contribution >= 0.6 is 0 Å². The maximum atomic E-state index is 5.94. The van der Waals surface area contributed by atoms with Crippen molar-refractivity contribution in [3.05, 3.63) is 0 Å². The van der Waals surface area contributed by atoms with E-state index in [-0.39, 0.29) is 0 Å². The summed E-state index contributed by atoms with van der Waals surface area (Å²) in [4.78, 5) is 0. The minimum atomic E-state index is 0.429. The molecule has 0 heterocycles. The van der Waals surface area contributed by atoms with Gasteiger partial charge < -0.3 is 10.5 Å². The van der Waals surface area contributed by atoms with Gasteiger partial charge in [-0.05, 0) is 32.1 Å². The molecule has 0 saturated heterocycles. The summed E-state index contributed by atoms with van der Waals surface area (Å²) in [5.74, 6) is 0.965. The highest BCUT2D eigenvalue weighted by Gasteiger charge is 2.23. The molecule has 0 amide bonds. The molecule has 0 aromatic heterocycles. The van der Waals surface area contributed by atoms with Crippen molar-refractivity contribution in [2.45, 2.75) is 45.1 Å². The van der Waals surface area contributed by atoms with Crippen molar-refractivity contribution in [3.8, 4) is 0 Å². The Bertz CT molecular complexity index is 112. The van der Waals surface area contributed by atoms with Gasteiger partial charge in [-0.1, -0.05) is 12.8 Å². The Balaban J connectivity index is 1.83. The van der Waals surface area contributed by atoms with Gasteiger partial charge in [-0.2, -0.15) is 0 Å². The highest BCUT2D eigenvalue weighted by molar-refractivity contribution is 4.78. The molecule has 72 valence electrons. The first-order valence-corrected chi connectivity index (χ1v) is 5.16. The Kier molecular flexibility index (Phi) is 4.62. The van der Waals surface area contributed by atoms with Crippen LogP contribution in [-0.4, -0.2) is 19.3 Å². The molecule has 1 aliphatic rings. The Morgan fingerprint density at radius 1 is 1.50 bits per heavy atom. The van der Waals surface area contributed by atoms with Gasteiger partial charge >= 0.3 is 0 Å². The van der Waals surface area contributed by atoms with Gasteiger partial charge in [0, 0.05) is 19.3 Å². The third kappa shape index (κ3) is 4.73. The monoisotopic (exact) mass is 171 g/mol. The standard InChI is InChI=1S/C10H21NO/c1-2-12-7-3-4-10(11)8-9-5-6-9/h9-10H,2-8,11H2,1H3.